The molecule has 1 saturated carbocycles. The molecule has 288 valence electrons. The van der Waals surface area contributed by atoms with Crippen molar-refractivity contribution in [2.45, 2.75) is 77.8 Å². The summed E-state index contributed by atoms with van der Waals surface area (Å²) in [4.78, 5) is 33.5. The molecule has 2 aromatic heterocycles. The summed E-state index contributed by atoms with van der Waals surface area (Å²) in [7, 11) is 0. The molecule has 1 aliphatic heterocycles. The first-order valence-corrected chi connectivity index (χ1v) is 16.6. The van der Waals surface area contributed by atoms with Crippen molar-refractivity contribution in [3.63, 3.8) is 0 Å². The third-order valence-corrected chi connectivity index (χ3v) is 9.40. The number of guanidine groups is 1. The Morgan fingerprint density at radius 1 is 1.00 bits per heavy atom. The van der Waals surface area contributed by atoms with Crippen LogP contribution in [0.1, 0.15) is 71.2 Å². The molecule has 19 heteroatoms. The Labute approximate surface area is 303 Å². The van der Waals surface area contributed by atoms with Gasteiger partial charge in [-0.3, -0.25) is 24.8 Å². The summed E-state index contributed by atoms with van der Waals surface area (Å²) < 4.78 is 116. The van der Waals surface area contributed by atoms with Crippen LogP contribution >= 0.6 is 0 Å². The monoisotopic (exact) mass is 766 g/mol. The second-order valence-electron chi connectivity index (χ2n) is 14.4. The van der Waals surface area contributed by atoms with Gasteiger partial charge in [0.15, 0.2) is 5.82 Å². The molecule has 11 nitrogen and oxygen atoms in total. The number of amides is 1. The first-order valence-electron chi connectivity index (χ1n) is 16.6. The number of nitrogens with zero attached hydrogens (tertiary/aromatic N) is 7. The minimum Gasteiger partial charge on any atom is -0.463 e. The molecule has 2 aliphatic rings. The fraction of sp³-hybridized carbons (Fsp3) is 0.429. The second-order valence-corrected chi connectivity index (χ2v) is 14.4. The Morgan fingerprint density at radius 3 is 2.26 bits per heavy atom. The van der Waals surface area contributed by atoms with Crippen LogP contribution in [-0.4, -0.2) is 66.1 Å². The van der Waals surface area contributed by atoms with Gasteiger partial charge in [0.2, 0.25) is 5.96 Å². The van der Waals surface area contributed by atoms with Gasteiger partial charge in [-0.1, -0.05) is 39.0 Å². The molecule has 54 heavy (non-hydrogen) atoms. The van der Waals surface area contributed by atoms with Crippen molar-refractivity contribution in [3.05, 3.63) is 72.6 Å². The Bertz CT molecular complexity index is 2040. The predicted octanol–water partition coefficient (Wildman–Crippen LogP) is 8.14. The number of nitrogens with one attached hydrogen (secondary N) is 1. The van der Waals surface area contributed by atoms with Crippen LogP contribution in [0.15, 0.2) is 61.2 Å². The number of esters is 1. The summed E-state index contributed by atoms with van der Waals surface area (Å²) in [5.41, 5.74) is -2.03. The SMILES string of the molecule is CC(C)(C)C[C@H]1C(=O)N([C@H](COC(=O)CC2(C(F)(F)F)CC2)c2ccc(F)c(-c3ncnn3C(F)F)c2)C(=N)N1c1ccc(-c2cnn(C(F)F)c2)cc1. The van der Waals surface area contributed by atoms with E-state index in [1.165, 1.54) is 17.2 Å². The van der Waals surface area contributed by atoms with E-state index in [-0.39, 0.29) is 29.5 Å². The smallest absolute Gasteiger partial charge is 0.395 e. The van der Waals surface area contributed by atoms with Gasteiger partial charge in [-0.15, -0.1) is 0 Å². The molecule has 0 unspecified atom stereocenters. The van der Waals surface area contributed by atoms with E-state index < -0.39 is 90.3 Å². The number of hydrogen-bond donors (Lipinski definition) is 1. The van der Waals surface area contributed by atoms with Crippen molar-refractivity contribution in [1.29, 1.82) is 5.41 Å². The predicted molar refractivity (Wildman–Crippen MR) is 177 cm³/mol. The molecule has 1 saturated heterocycles. The van der Waals surface area contributed by atoms with Crippen LogP contribution in [-0.2, 0) is 14.3 Å². The van der Waals surface area contributed by atoms with E-state index in [4.69, 9.17) is 4.74 Å². The van der Waals surface area contributed by atoms with Crippen LogP contribution in [0.2, 0.25) is 0 Å². The van der Waals surface area contributed by atoms with Crippen LogP contribution < -0.4 is 4.90 Å². The van der Waals surface area contributed by atoms with Gasteiger partial charge < -0.3 is 4.74 Å². The van der Waals surface area contributed by atoms with E-state index in [2.05, 4.69) is 15.2 Å². The van der Waals surface area contributed by atoms with Gasteiger partial charge in [-0.05, 0) is 60.1 Å². The van der Waals surface area contributed by atoms with Crippen molar-refractivity contribution >= 4 is 23.5 Å². The Morgan fingerprint density at radius 2 is 1.69 bits per heavy atom. The molecular formula is C35H34F8N8O3. The lowest BCUT2D eigenvalue weighted by atomic mass is 9.87. The highest BCUT2D eigenvalue weighted by molar-refractivity contribution is 6.15. The summed E-state index contributed by atoms with van der Waals surface area (Å²) in [6.45, 7) is -1.28. The highest BCUT2D eigenvalue weighted by Crippen LogP contribution is 2.60. The number of alkyl halides is 7. The van der Waals surface area contributed by atoms with Gasteiger partial charge in [0, 0.05) is 17.4 Å². The standard InChI is InChI=1S/C35H34F8N8O3/c1-33(2,3)13-25-29(53)50(32(44)49(25)22-7-4-19(5-8-22)21-15-46-48(16-21)30(37)38)26(17-54-27(52)14-34(10-11-34)35(41,42)43)20-6-9-24(36)23(12-20)28-45-18-47-51(28)31(39)40/h4-9,12,15-16,18,25-26,30-31,44H,10-11,13-14,17H2,1-3H3/t25-,26+/m0/s1. The molecule has 2 fully saturated rings. The summed E-state index contributed by atoms with van der Waals surface area (Å²) in [5.74, 6) is -3.91. The maximum atomic E-state index is 15.2. The highest BCUT2D eigenvalue weighted by atomic mass is 19.4. The molecule has 4 aromatic rings. The molecule has 1 aliphatic carbocycles. The maximum absolute atomic E-state index is 15.2. The number of aromatic nitrogens is 5. The summed E-state index contributed by atoms with van der Waals surface area (Å²) in [6.07, 6.45) is -2.84. The lowest BCUT2D eigenvalue weighted by molar-refractivity contribution is -0.195. The van der Waals surface area contributed by atoms with Crippen molar-refractivity contribution in [3.8, 4) is 22.5 Å². The number of anilines is 1. The van der Waals surface area contributed by atoms with Crippen molar-refractivity contribution in [2.24, 2.45) is 10.8 Å². The van der Waals surface area contributed by atoms with Crippen LogP contribution in [0.25, 0.3) is 22.5 Å². The van der Waals surface area contributed by atoms with Crippen LogP contribution in [0, 0.1) is 22.1 Å². The van der Waals surface area contributed by atoms with Gasteiger partial charge >= 0.3 is 25.2 Å². The average molecular weight is 767 g/mol. The molecule has 0 spiro atoms. The van der Waals surface area contributed by atoms with E-state index in [0.717, 1.165) is 29.6 Å². The molecule has 2 aromatic carbocycles. The maximum Gasteiger partial charge on any atom is 0.395 e. The minimum atomic E-state index is -4.66. The van der Waals surface area contributed by atoms with Crippen LogP contribution in [0.5, 0.6) is 0 Å². The van der Waals surface area contributed by atoms with Crippen LogP contribution in [0.3, 0.4) is 0 Å². The van der Waals surface area contributed by atoms with Gasteiger partial charge in [-0.25, -0.2) is 14.1 Å². The first-order chi connectivity index (χ1) is 25.3. The molecular weight excluding hydrogens is 732 g/mol. The van der Waals surface area contributed by atoms with Gasteiger partial charge in [0.1, 0.15) is 24.8 Å². The fourth-order valence-electron chi connectivity index (χ4n) is 6.45. The number of benzene rings is 2. The second kappa shape index (κ2) is 14.1. The number of halogens is 8. The van der Waals surface area contributed by atoms with Crippen LogP contribution in [0.4, 0.5) is 40.8 Å². The largest absolute Gasteiger partial charge is 0.463 e. The van der Waals surface area contributed by atoms with E-state index in [1.807, 2.05) is 20.8 Å². The lowest BCUT2D eigenvalue weighted by Gasteiger charge is -2.30. The Balaban J connectivity index is 1.39. The third-order valence-electron chi connectivity index (χ3n) is 9.40. The molecule has 6 rings (SSSR count). The quantitative estimate of drug-likeness (QED) is 0.114. The average Bonchev–Trinajstić information content (AvgIpc) is 3.40. The zero-order valence-corrected chi connectivity index (χ0v) is 29.0. The van der Waals surface area contributed by atoms with Gasteiger partial charge in [0.05, 0.1) is 29.6 Å². The summed E-state index contributed by atoms with van der Waals surface area (Å²) >= 11 is 0. The normalized spacial score (nSPS) is 17.9. The molecule has 2 atom stereocenters. The fourth-order valence-corrected chi connectivity index (χ4v) is 6.45. The molecule has 0 radical (unpaired) electrons. The Kier molecular flexibility index (Phi) is 10.0. The Hall–Kier alpha value is -5.36. The van der Waals surface area contributed by atoms with E-state index >= 15 is 4.39 Å². The lowest BCUT2D eigenvalue weighted by Crippen LogP contribution is -2.39. The molecule has 1 amide bonds. The van der Waals surface area contributed by atoms with Gasteiger partial charge in [0.25, 0.3) is 5.91 Å². The summed E-state index contributed by atoms with van der Waals surface area (Å²) in [6, 6.07) is 6.92. The van der Waals surface area contributed by atoms with Gasteiger partial charge in [-0.2, -0.15) is 45.6 Å². The number of carbonyl (C=O) groups is 2. The van der Waals surface area contributed by atoms with Crippen molar-refractivity contribution in [1.82, 2.24) is 29.4 Å². The van der Waals surface area contributed by atoms with E-state index in [0.29, 0.717) is 21.5 Å². The number of hydrogen-bond acceptors (Lipinski definition) is 7. The molecule has 0 bridgehead atoms. The topological polar surface area (TPSA) is 122 Å². The first kappa shape index (κ1) is 38.4. The number of ether oxygens (including phenoxy) is 1. The zero-order chi connectivity index (χ0) is 39.3. The number of rotatable bonds is 12. The van der Waals surface area contributed by atoms with Crippen molar-refractivity contribution < 1.29 is 49.4 Å². The number of carbonyl (C=O) groups excluding carboxylic acids is 2. The summed E-state index contributed by atoms with van der Waals surface area (Å²) in [5, 5.41) is 16.4. The van der Waals surface area contributed by atoms with E-state index in [1.54, 1.807) is 24.3 Å². The zero-order valence-electron chi connectivity index (χ0n) is 29.0. The highest BCUT2D eigenvalue weighted by Gasteiger charge is 2.64. The van der Waals surface area contributed by atoms with Crippen molar-refractivity contribution in [2.75, 3.05) is 11.5 Å². The van der Waals surface area contributed by atoms with E-state index in [9.17, 15) is 45.7 Å². The molecule has 1 N–H and O–H groups in total. The third kappa shape index (κ3) is 7.52. The minimum absolute atomic E-state index is 0.0131. The molecule has 3 heterocycles.